The first kappa shape index (κ1) is 13.0. The quantitative estimate of drug-likeness (QED) is 0.568. The van der Waals surface area contributed by atoms with Gasteiger partial charge < -0.3 is 4.89 Å². The highest BCUT2D eigenvalue weighted by Gasteiger charge is 2.14. The SMILES string of the molecule is CCc1ccc(CC)c(OOC(C)(C)C)c1. The lowest BCUT2D eigenvalue weighted by molar-refractivity contribution is -0.275. The van der Waals surface area contributed by atoms with Crippen molar-refractivity contribution in [3.63, 3.8) is 0 Å². The average Bonchev–Trinajstić information content (AvgIpc) is 2.25. The molecular weight excluding hydrogens is 200 g/mol. The molecule has 0 spiro atoms. The van der Waals surface area contributed by atoms with Crippen LogP contribution in [0.1, 0.15) is 45.7 Å². The maximum absolute atomic E-state index is 5.43. The zero-order chi connectivity index (χ0) is 12.2. The Morgan fingerprint density at radius 2 is 1.75 bits per heavy atom. The molecule has 2 heteroatoms. The Kier molecular flexibility index (Phi) is 4.36. The van der Waals surface area contributed by atoms with Crippen LogP contribution in [-0.4, -0.2) is 5.60 Å². The molecule has 16 heavy (non-hydrogen) atoms. The third kappa shape index (κ3) is 3.86. The number of aryl methyl sites for hydroxylation is 2. The Balaban J connectivity index is 2.83. The van der Waals surface area contributed by atoms with Gasteiger partial charge in [0.2, 0.25) is 0 Å². The minimum absolute atomic E-state index is 0.284. The fourth-order valence-electron chi connectivity index (χ4n) is 1.36. The van der Waals surface area contributed by atoms with Crippen molar-refractivity contribution in [3.8, 4) is 5.75 Å². The summed E-state index contributed by atoms with van der Waals surface area (Å²) in [4.78, 5) is 10.8. The van der Waals surface area contributed by atoms with E-state index in [4.69, 9.17) is 9.78 Å². The van der Waals surface area contributed by atoms with Crippen molar-refractivity contribution >= 4 is 0 Å². The molecule has 1 aromatic carbocycles. The molecule has 90 valence electrons. The molecule has 0 aliphatic carbocycles. The first-order valence-electron chi connectivity index (χ1n) is 5.93. The molecule has 0 unspecified atom stereocenters. The number of rotatable bonds is 4. The van der Waals surface area contributed by atoms with Gasteiger partial charge in [0.25, 0.3) is 0 Å². The van der Waals surface area contributed by atoms with Crippen LogP contribution in [0.25, 0.3) is 0 Å². The maximum Gasteiger partial charge on any atom is 0.168 e. The molecule has 2 nitrogen and oxygen atoms in total. The smallest absolute Gasteiger partial charge is 0.168 e. The molecule has 0 saturated heterocycles. The molecule has 0 bridgehead atoms. The van der Waals surface area contributed by atoms with Crippen molar-refractivity contribution in [1.82, 2.24) is 0 Å². The van der Waals surface area contributed by atoms with E-state index in [2.05, 4.69) is 32.0 Å². The molecule has 0 aliphatic rings. The average molecular weight is 222 g/mol. The van der Waals surface area contributed by atoms with E-state index < -0.39 is 0 Å². The van der Waals surface area contributed by atoms with Gasteiger partial charge in [-0.3, -0.25) is 0 Å². The lowest BCUT2D eigenvalue weighted by Gasteiger charge is -2.19. The van der Waals surface area contributed by atoms with Crippen molar-refractivity contribution in [2.24, 2.45) is 0 Å². The number of hydrogen-bond donors (Lipinski definition) is 0. The molecule has 0 N–H and O–H groups in total. The molecule has 0 aliphatic heterocycles. The van der Waals surface area contributed by atoms with Gasteiger partial charge in [0.15, 0.2) is 5.75 Å². The zero-order valence-electron chi connectivity index (χ0n) is 11.0. The zero-order valence-corrected chi connectivity index (χ0v) is 11.0. The van der Waals surface area contributed by atoms with Crippen molar-refractivity contribution in [1.29, 1.82) is 0 Å². The highest BCUT2D eigenvalue weighted by Crippen LogP contribution is 2.23. The van der Waals surface area contributed by atoms with Gasteiger partial charge in [-0.25, -0.2) is 0 Å². The maximum atomic E-state index is 5.43. The second kappa shape index (κ2) is 5.35. The predicted molar refractivity (Wildman–Crippen MR) is 66.7 cm³/mol. The highest BCUT2D eigenvalue weighted by molar-refractivity contribution is 5.37. The van der Waals surface area contributed by atoms with Crippen molar-refractivity contribution in [2.45, 2.75) is 53.1 Å². The Morgan fingerprint density at radius 3 is 2.25 bits per heavy atom. The van der Waals surface area contributed by atoms with Crippen LogP contribution >= 0.6 is 0 Å². The van der Waals surface area contributed by atoms with Crippen LogP contribution in [0.15, 0.2) is 18.2 Å². The summed E-state index contributed by atoms with van der Waals surface area (Å²) in [6.07, 6.45) is 1.96. The van der Waals surface area contributed by atoms with Crippen LogP contribution in [0.4, 0.5) is 0 Å². The minimum Gasteiger partial charge on any atom is -0.337 e. The molecule has 0 aromatic heterocycles. The molecule has 1 aromatic rings. The summed E-state index contributed by atoms with van der Waals surface area (Å²) in [5, 5.41) is 0. The van der Waals surface area contributed by atoms with E-state index in [0.29, 0.717) is 0 Å². The van der Waals surface area contributed by atoms with Gasteiger partial charge in [-0.05, 0) is 50.8 Å². The molecular formula is C14H22O2. The predicted octanol–water partition coefficient (Wildman–Crippen LogP) is 3.92. The summed E-state index contributed by atoms with van der Waals surface area (Å²) in [6.45, 7) is 10.2. The molecule has 0 atom stereocenters. The standard InChI is InChI=1S/C14H22O2/c1-6-11-8-9-12(7-2)13(10-11)15-16-14(3,4)5/h8-10H,6-7H2,1-5H3. The lowest BCUT2D eigenvalue weighted by atomic mass is 10.1. The second-order valence-electron chi connectivity index (χ2n) is 4.93. The van der Waals surface area contributed by atoms with E-state index >= 15 is 0 Å². The molecule has 0 amide bonds. The Morgan fingerprint density at radius 1 is 1.06 bits per heavy atom. The monoisotopic (exact) mass is 222 g/mol. The molecule has 1 rings (SSSR count). The van der Waals surface area contributed by atoms with Gasteiger partial charge in [-0.2, -0.15) is 4.89 Å². The minimum atomic E-state index is -0.284. The summed E-state index contributed by atoms with van der Waals surface area (Å²) < 4.78 is 0. The third-order valence-corrected chi connectivity index (χ3v) is 2.30. The van der Waals surface area contributed by atoms with E-state index in [-0.39, 0.29) is 5.60 Å². The van der Waals surface area contributed by atoms with Crippen molar-refractivity contribution < 1.29 is 9.78 Å². The van der Waals surface area contributed by atoms with Gasteiger partial charge in [-0.15, -0.1) is 0 Å². The first-order valence-corrected chi connectivity index (χ1v) is 5.93. The highest BCUT2D eigenvalue weighted by atomic mass is 17.2. The summed E-state index contributed by atoms with van der Waals surface area (Å²) in [7, 11) is 0. The van der Waals surface area contributed by atoms with Gasteiger partial charge in [0.05, 0.1) is 0 Å². The largest absolute Gasteiger partial charge is 0.337 e. The van der Waals surface area contributed by atoms with E-state index in [0.717, 1.165) is 18.6 Å². The van der Waals surface area contributed by atoms with Gasteiger partial charge in [0.1, 0.15) is 5.60 Å². The van der Waals surface area contributed by atoms with E-state index in [9.17, 15) is 0 Å². The van der Waals surface area contributed by atoms with Crippen molar-refractivity contribution in [2.75, 3.05) is 0 Å². The van der Waals surface area contributed by atoms with Gasteiger partial charge in [0, 0.05) is 0 Å². The second-order valence-corrected chi connectivity index (χ2v) is 4.93. The molecule has 0 saturated carbocycles. The first-order chi connectivity index (χ1) is 7.46. The van der Waals surface area contributed by atoms with Crippen molar-refractivity contribution in [3.05, 3.63) is 29.3 Å². The lowest BCUT2D eigenvalue weighted by Crippen LogP contribution is -2.21. The van der Waals surface area contributed by atoms with E-state index in [1.165, 1.54) is 11.1 Å². The van der Waals surface area contributed by atoms with Gasteiger partial charge in [-0.1, -0.05) is 26.0 Å². The van der Waals surface area contributed by atoms with Crippen LogP contribution in [-0.2, 0) is 17.7 Å². The van der Waals surface area contributed by atoms with Crippen LogP contribution in [0.5, 0.6) is 5.75 Å². The normalized spacial score (nSPS) is 11.6. The summed E-state index contributed by atoms with van der Waals surface area (Å²) in [5.74, 6) is 0.844. The Hall–Kier alpha value is -1.02. The summed E-state index contributed by atoms with van der Waals surface area (Å²) in [5.41, 5.74) is 2.17. The fraction of sp³-hybridized carbons (Fsp3) is 0.571. The molecule has 0 heterocycles. The third-order valence-electron chi connectivity index (χ3n) is 2.30. The Bertz CT molecular complexity index is 337. The van der Waals surface area contributed by atoms with E-state index in [1.807, 2.05) is 20.8 Å². The molecule has 0 fully saturated rings. The Labute approximate surface area is 98.5 Å². The topological polar surface area (TPSA) is 18.5 Å². The van der Waals surface area contributed by atoms with E-state index in [1.54, 1.807) is 0 Å². The number of hydrogen-bond acceptors (Lipinski definition) is 2. The van der Waals surface area contributed by atoms with Gasteiger partial charge >= 0.3 is 0 Å². The molecule has 0 radical (unpaired) electrons. The summed E-state index contributed by atoms with van der Waals surface area (Å²) >= 11 is 0. The van der Waals surface area contributed by atoms with Crippen LogP contribution in [0, 0.1) is 0 Å². The van der Waals surface area contributed by atoms with Crippen LogP contribution in [0.2, 0.25) is 0 Å². The van der Waals surface area contributed by atoms with Crippen LogP contribution in [0.3, 0.4) is 0 Å². The fourth-order valence-corrected chi connectivity index (χ4v) is 1.36. The number of benzene rings is 1. The van der Waals surface area contributed by atoms with Crippen LogP contribution < -0.4 is 4.89 Å². The summed E-state index contributed by atoms with van der Waals surface area (Å²) in [6, 6.07) is 6.31.